The monoisotopic (exact) mass is 280 g/mol. The van der Waals surface area contributed by atoms with Crippen molar-refractivity contribution in [2.75, 3.05) is 21.2 Å². The number of thiophene rings is 1. The summed E-state index contributed by atoms with van der Waals surface area (Å²) in [5.41, 5.74) is 1.14. The van der Waals surface area contributed by atoms with Crippen LogP contribution in [0.1, 0.15) is 17.8 Å². The van der Waals surface area contributed by atoms with E-state index in [9.17, 15) is 9.59 Å². The molecule has 0 saturated heterocycles. The molecule has 102 valence electrons. The summed E-state index contributed by atoms with van der Waals surface area (Å²) in [5, 5.41) is 1.93. The standard InChI is InChI=1S/C13H16N2O3S/c1-8-10(12(16)18-4)11(9-6-5-7-19-9)15(3)13(17)14(8)2/h5-7,11H,1-4H3. The summed E-state index contributed by atoms with van der Waals surface area (Å²) in [6.07, 6.45) is 0. The van der Waals surface area contributed by atoms with E-state index in [-0.39, 0.29) is 12.1 Å². The first-order valence-corrected chi connectivity index (χ1v) is 6.70. The molecule has 1 unspecified atom stereocenters. The van der Waals surface area contributed by atoms with Gasteiger partial charge in [-0.15, -0.1) is 11.3 Å². The van der Waals surface area contributed by atoms with Crippen LogP contribution >= 0.6 is 11.3 Å². The maximum atomic E-state index is 12.2. The van der Waals surface area contributed by atoms with Gasteiger partial charge in [0.05, 0.1) is 12.7 Å². The van der Waals surface area contributed by atoms with Crippen LogP contribution in [-0.2, 0) is 9.53 Å². The number of methoxy groups -OCH3 is 1. The molecular formula is C13H16N2O3S. The van der Waals surface area contributed by atoms with Gasteiger partial charge in [-0.3, -0.25) is 0 Å². The fourth-order valence-electron chi connectivity index (χ4n) is 2.21. The Morgan fingerprint density at radius 3 is 2.63 bits per heavy atom. The Morgan fingerprint density at radius 1 is 1.42 bits per heavy atom. The minimum atomic E-state index is -0.401. The van der Waals surface area contributed by atoms with Gasteiger partial charge in [-0.2, -0.15) is 0 Å². The van der Waals surface area contributed by atoms with Gasteiger partial charge in [0, 0.05) is 24.7 Å². The van der Waals surface area contributed by atoms with E-state index in [4.69, 9.17) is 4.74 Å². The Hall–Kier alpha value is -1.82. The molecule has 1 atom stereocenters. The zero-order valence-electron chi connectivity index (χ0n) is 11.3. The number of ether oxygens (including phenoxy) is 1. The molecule has 6 heteroatoms. The highest BCUT2D eigenvalue weighted by Gasteiger charge is 2.39. The second-order valence-electron chi connectivity index (χ2n) is 4.36. The van der Waals surface area contributed by atoms with Crippen LogP contribution < -0.4 is 0 Å². The molecule has 2 rings (SSSR count). The van der Waals surface area contributed by atoms with Crippen molar-refractivity contribution >= 4 is 23.3 Å². The largest absolute Gasteiger partial charge is 0.466 e. The molecule has 0 fully saturated rings. The minimum absolute atomic E-state index is 0.136. The number of nitrogens with zero attached hydrogens (tertiary/aromatic N) is 2. The maximum Gasteiger partial charge on any atom is 0.338 e. The molecule has 0 radical (unpaired) electrons. The number of carbonyl (C=O) groups excluding carboxylic acids is 2. The Labute approximate surface area is 116 Å². The van der Waals surface area contributed by atoms with E-state index >= 15 is 0 Å². The Morgan fingerprint density at radius 2 is 2.11 bits per heavy atom. The van der Waals surface area contributed by atoms with Crippen molar-refractivity contribution in [1.29, 1.82) is 0 Å². The third-order valence-corrected chi connectivity index (χ3v) is 4.29. The predicted octanol–water partition coefficient (Wildman–Crippen LogP) is 2.23. The molecular weight excluding hydrogens is 264 g/mol. The maximum absolute atomic E-state index is 12.2. The summed E-state index contributed by atoms with van der Waals surface area (Å²) >= 11 is 1.52. The van der Waals surface area contributed by atoms with Crippen LogP contribution in [-0.4, -0.2) is 43.0 Å². The number of amides is 2. The Balaban J connectivity index is 2.59. The molecule has 5 nitrogen and oxygen atoms in total. The summed E-state index contributed by atoms with van der Waals surface area (Å²) in [6, 6.07) is 3.31. The molecule has 1 aliphatic heterocycles. The summed E-state index contributed by atoms with van der Waals surface area (Å²) < 4.78 is 4.86. The third kappa shape index (κ3) is 2.12. The lowest BCUT2D eigenvalue weighted by molar-refractivity contribution is -0.137. The summed E-state index contributed by atoms with van der Waals surface area (Å²) in [5.74, 6) is -0.401. The Bertz CT molecular complexity index is 536. The number of esters is 1. The average Bonchev–Trinajstić information content (AvgIpc) is 2.93. The van der Waals surface area contributed by atoms with Crippen LogP contribution in [0.5, 0.6) is 0 Å². The van der Waals surface area contributed by atoms with Crippen molar-refractivity contribution in [2.45, 2.75) is 13.0 Å². The van der Waals surface area contributed by atoms with E-state index in [1.807, 2.05) is 17.5 Å². The Kier molecular flexibility index (Phi) is 3.61. The van der Waals surface area contributed by atoms with Crippen molar-refractivity contribution in [1.82, 2.24) is 9.80 Å². The van der Waals surface area contributed by atoms with E-state index in [1.54, 1.807) is 25.9 Å². The van der Waals surface area contributed by atoms with Crippen molar-refractivity contribution in [2.24, 2.45) is 0 Å². The highest BCUT2D eigenvalue weighted by Crippen LogP contribution is 2.37. The summed E-state index contributed by atoms with van der Waals surface area (Å²) in [6.45, 7) is 1.76. The van der Waals surface area contributed by atoms with Gasteiger partial charge in [0.15, 0.2) is 0 Å². The van der Waals surface area contributed by atoms with Gasteiger partial charge in [0.25, 0.3) is 0 Å². The SMILES string of the molecule is COC(=O)C1=C(C)N(C)C(=O)N(C)C1c1cccs1. The van der Waals surface area contributed by atoms with Crippen molar-refractivity contribution in [3.8, 4) is 0 Å². The van der Waals surface area contributed by atoms with Crippen LogP contribution in [0.3, 0.4) is 0 Å². The number of urea groups is 1. The molecule has 0 bridgehead atoms. The van der Waals surface area contributed by atoms with E-state index in [1.165, 1.54) is 23.3 Å². The number of carbonyl (C=O) groups is 2. The molecule has 0 spiro atoms. The highest BCUT2D eigenvalue weighted by atomic mass is 32.1. The molecule has 1 aromatic heterocycles. The number of hydrogen-bond donors (Lipinski definition) is 0. The van der Waals surface area contributed by atoms with E-state index in [0.29, 0.717) is 11.3 Å². The molecule has 1 aromatic rings. The first kappa shape index (κ1) is 13.6. The molecule has 0 aromatic carbocycles. The second-order valence-corrected chi connectivity index (χ2v) is 5.34. The fourth-order valence-corrected chi connectivity index (χ4v) is 3.09. The molecule has 2 heterocycles. The number of likely N-dealkylation sites (N-methyl/N-ethyl adjacent to an activating group) is 1. The first-order valence-electron chi connectivity index (χ1n) is 5.82. The van der Waals surface area contributed by atoms with Crippen LogP contribution in [0.25, 0.3) is 0 Å². The van der Waals surface area contributed by atoms with E-state index in [2.05, 4.69) is 0 Å². The van der Waals surface area contributed by atoms with Gasteiger partial charge in [-0.1, -0.05) is 6.07 Å². The minimum Gasteiger partial charge on any atom is -0.466 e. The van der Waals surface area contributed by atoms with Gasteiger partial charge in [0.2, 0.25) is 0 Å². The van der Waals surface area contributed by atoms with Crippen LogP contribution in [0.4, 0.5) is 4.79 Å². The number of hydrogen-bond acceptors (Lipinski definition) is 4. The smallest absolute Gasteiger partial charge is 0.338 e. The molecule has 1 aliphatic rings. The zero-order valence-corrected chi connectivity index (χ0v) is 12.2. The lowest BCUT2D eigenvalue weighted by atomic mass is 9.99. The molecule has 0 N–H and O–H groups in total. The van der Waals surface area contributed by atoms with Gasteiger partial charge < -0.3 is 14.5 Å². The van der Waals surface area contributed by atoms with Crippen LogP contribution in [0, 0.1) is 0 Å². The van der Waals surface area contributed by atoms with Gasteiger partial charge in [-0.25, -0.2) is 9.59 Å². The van der Waals surface area contributed by atoms with E-state index < -0.39 is 5.97 Å². The average molecular weight is 280 g/mol. The highest BCUT2D eigenvalue weighted by molar-refractivity contribution is 7.10. The lowest BCUT2D eigenvalue weighted by Gasteiger charge is -2.38. The quantitative estimate of drug-likeness (QED) is 0.781. The molecule has 2 amide bonds. The summed E-state index contributed by atoms with van der Waals surface area (Å²) in [4.78, 5) is 28.2. The molecule has 0 aliphatic carbocycles. The zero-order chi connectivity index (χ0) is 14.2. The van der Waals surface area contributed by atoms with Crippen molar-refractivity contribution < 1.29 is 14.3 Å². The van der Waals surface area contributed by atoms with Gasteiger partial charge in [-0.05, 0) is 18.4 Å². The number of rotatable bonds is 2. The van der Waals surface area contributed by atoms with Crippen LogP contribution in [0.2, 0.25) is 0 Å². The van der Waals surface area contributed by atoms with Gasteiger partial charge >= 0.3 is 12.0 Å². The predicted molar refractivity (Wildman–Crippen MR) is 72.7 cm³/mol. The first-order chi connectivity index (χ1) is 8.99. The van der Waals surface area contributed by atoms with Crippen molar-refractivity contribution in [3.63, 3.8) is 0 Å². The second kappa shape index (κ2) is 5.05. The van der Waals surface area contributed by atoms with Crippen molar-refractivity contribution in [3.05, 3.63) is 33.7 Å². The van der Waals surface area contributed by atoms with Gasteiger partial charge in [0.1, 0.15) is 6.04 Å². The lowest BCUT2D eigenvalue weighted by Crippen LogP contribution is -2.47. The topological polar surface area (TPSA) is 49.9 Å². The normalized spacial score (nSPS) is 20.0. The number of allylic oxidation sites excluding steroid dienone is 1. The fraction of sp³-hybridized carbons (Fsp3) is 0.385. The van der Waals surface area contributed by atoms with E-state index in [0.717, 1.165) is 4.88 Å². The molecule has 0 saturated carbocycles. The summed E-state index contributed by atoms with van der Waals surface area (Å²) in [7, 11) is 4.70. The third-order valence-electron chi connectivity index (χ3n) is 3.36. The molecule has 19 heavy (non-hydrogen) atoms. The van der Waals surface area contributed by atoms with Crippen LogP contribution in [0.15, 0.2) is 28.8 Å².